The molecule has 2 N–H and O–H groups in total. The quantitative estimate of drug-likeness (QED) is 0.700. The zero-order valence-electron chi connectivity index (χ0n) is 14.6. The molecular formula is C19H17BrN2O5. The van der Waals surface area contributed by atoms with E-state index in [2.05, 4.69) is 31.3 Å². The number of urea groups is 1. The molecule has 0 saturated heterocycles. The number of ether oxygens (including phenoxy) is 2. The lowest BCUT2D eigenvalue weighted by molar-refractivity contribution is 0.0587. The number of hydrogen-bond acceptors (Lipinski definition) is 5. The fourth-order valence-electron chi connectivity index (χ4n) is 2.16. The Labute approximate surface area is 164 Å². The molecule has 27 heavy (non-hydrogen) atoms. The number of carbonyl (C=O) groups is 3. The predicted octanol–water partition coefficient (Wildman–Crippen LogP) is 3.81. The molecule has 0 aliphatic carbocycles. The second kappa shape index (κ2) is 9.54. The Morgan fingerprint density at radius 2 is 1.70 bits per heavy atom. The van der Waals surface area contributed by atoms with E-state index in [4.69, 9.17) is 4.74 Å². The van der Waals surface area contributed by atoms with Crippen molar-refractivity contribution >= 4 is 45.7 Å². The van der Waals surface area contributed by atoms with Crippen molar-refractivity contribution in [3.63, 3.8) is 0 Å². The average Bonchev–Trinajstić information content (AvgIpc) is 2.68. The lowest BCUT2D eigenvalue weighted by Gasteiger charge is -2.11. The molecule has 8 heteroatoms. The minimum absolute atomic E-state index is 0.107. The van der Waals surface area contributed by atoms with E-state index < -0.39 is 18.0 Å². The third kappa shape index (κ3) is 5.42. The van der Waals surface area contributed by atoms with Crippen LogP contribution in [-0.4, -0.2) is 32.2 Å². The maximum absolute atomic E-state index is 12.1. The van der Waals surface area contributed by atoms with Crippen molar-refractivity contribution in [3.05, 3.63) is 69.8 Å². The van der Waals surface area contributed by atoms with Crippen LogP contribution in [0.4, 0.5) is 10.5 Å². The molecular weight excluding hydrogens is 416 g/mol. The van der Waals surface area contributed by atoms with Crippen LogP contribution in [0.1, 0.15) is 26.3 Å². The number of hydrogen-bond donors (Lipinski definition) is 2. The van der Waals surface area contributed by atoms with Crippen molar-refractivity contribution < 1.29 is 23.9 Å². The molecule has 7 nitrogen and oxygen atoms in total. The summed E-state index contributed by atoms with van der Waals surface area (Å²) in [6.07, 6.45) is 3.16. The summed E-state index contributed by atoms with van der Waals surface area (Å²) in [5.74, 6) is -1.24. The van der Waals surface area contributed by atoms with E-state index in [-0.39, 0.29) is 16.8 Å². The highest BCUT2D eigenvalue weighted by molar-refractivity contribution is 9.10. The topological polar surface area (TPSA) is 93.7 Å². The first-order valence-electron chi connectivity index (χ1n) is 7.75. The summed E-state index contributed by atoms with van der Waals surface area (Å²) in [5, 5.41) is 5.06. The van der Waals surface area contributed by atoms with E-state index >= 15 is 0 Å². The Hall–Kier alpha value is -3.13. The standard InChI is InChI=1S/C19H17BrN2O5/c1-26-17(23)13-7-8-14(18(24)27-2)16(11-13)22-19(25)21-10-9-12-5-3-4-6-15(12)20/h3-11H,1-2H3,(H2,21,22,25)/b10-9+. The lowest BCUT2D eigenvalue weighted by atomic mass is 10.1. The lowest BCUT2D eigenvalue weighted by Crippen LogP contribution is -2.25. The minimum Gasteiger partial charge on any atom is -0.465 e. The Kier molecular flexibility index (Phi) is 7.13. The van der Waals surface area contributed by atoms with Gasteiger partial charge in [0.15, 0.2) is 0 Å². The number of esters is 2. The number of rotatable bonds is 5. The number of nitrogens with one attached hydrogen (secondary N) is 2. The van der Waals surface area contributed by atoms with Gasteiger partial charge in [0.1, 0.15) is 0 Å². The third-order valence-electron chi connectivity index (χ3n) is 3.48. The van der Waals surface area contributed by atoms with E-state index in [0.717, 1.165) is 10.0 Å². The van der Waals surface area contributed by atoms with Crippen LogP contribution in [0, 0.1) is 0 Å². The Morgan fingerprint density at radius 3 is 2.37 bits per heavy atom. The Morgan fingerprint density at radius 1 is 1.00 bits per heavy atom. The van der Waals surface area contributed by atoms with Gasteiger partial charge in [-0.05, 0) is 35.9 Å². The second-order valence-corrected chi connectivity index (χ2v) is 6.05. The van der Waals surface area contributed by atoms with E-state index in [1.807, 2.05) is 24.3 Å². The van der Waals surface area contributed by atoms with Crippen molar-refractivity contribution in [3.8, 4) is 0 Å². The van der Waals surface area contributed by atoms with E-state index in [1.165, 1.54) is 38.6 Å². The van der Waals surface area contributed by atoms with Crippen molar-refractivity contribution in [2.45, 2.75) is 0 Å². The van der Waals surface area contributed by atoms with Crippen LogP contribution < -0.4 is 10.6 Å². The van der Waals surface area contributed by atoms with Gasteiger partial charge >= 0.3 is 18.0 Å². The van der Waals surface area contributed by atoms with Crippen LogP contribution in [0.25, 0.3) is 6.08 Å². The van der Waals surface area contributed by atoms with Gasteiger partial charge in [-0.2, -0.15) is 0 Å². The molecule has 0 bridgehead atoms. The molecule has 0 saturated carbocycles. The van der Waals surface area contributed by atoms with Crippen LogP contribution in [-0.2, 0) is 9.47 Å². The monoisotopic (exact) mass is 432 g/mol. The molecule has 0 radical (unpaired) electrons. The van der Waals surface area contributed by atoms with Crippen LogP contribution in [0.15, 0.2) is 53.1 Å². The van der Waals surface area contributed by atoms with Crippen LogP contribution >= 0.6 is 15.9 Å². The maximum atomic E-state index is 12.1. The van der Waals surface area contributed by atoms with Crippen molar-refractivity contribution in [1.29, 1.82) is 0 Å². The number of amides is 2. The molecule has 0 aliphatic rings. The molecule has 0 heterocycles. The molecule has 2 aromatic rings. The summed E-state index contributed by atoms with van der Waals surface area (Å²) in [6, 6.07) is 11.0. The zero-order valence-corrected chi connectivity index (χ0v) is 16.2. The fourth-order valence-corrected chi connectivity index (χ4v) is 2.57. The van der Waals surface area contributed by atoms with Crippen LogP contribution in [0.2, 0.25) is 0 Å². The highest BCUT2D eigenvalue weighted by atomic mass is 79.9. The first kappa shape index (κ1) is 20.2. The van der Waals surface area contributed by atoms with Gasteiger partial charge in [0, 0.05) is 10.7 Å². The molecule has 0 aromatic heterocycles. The Bertz CT molecular complexity index is 895. The molecule has 2 amide bonds. The van der Waals surface area contributed by atoms with Gasteiger partial charge in [0.05, 0.1) is 31.0 Å². The summed E-state index contributed by atoms with van der Waals surface area (Å²) in [4.78, 5) is 35.7. The fraction of sp³-hybridized carbons (Fsp3) is 0.105. The summed E-state index contributed by atoms with van der Waals surface area (Å²) in [7, 11) is 2.46. The number of methoxy groups -OCH3 is 2. The normalized spacial score (nSPS) is 10.3. The van der Waals surface area contributed by atoms with Crippen molar-refractivity contribution in [1.82, 2.24) is 5.32 Å². The van der Waals surface area contributed by atoms with Crippen LogP contribution in [0.3, 0.4) is 0 Å². The molecule has 140 valence electrons. The molecule has 0 atom stereocenters. The molecule has 2 aromatic carbocycles. The number of benzene rings is 2. The van der Waals surface area contributed by atoms with Gasteiger partial charge in [-0.3, -0.25) is 0 Å². The summed E-state index contributed by atoms with van der Waals surface area (Å²) < 4.78 is 10.2. The van der Waals surface area contributed by atoms with Gasteiger partial charge in [-0.1, -0.05) is 34.1 Å². The van der Waals surface area contributed by atoms with Gasteiger partial charge in [0.25, 0.3) is 0 Å². The van der Waals surface area contributed by atoms with Gasteiger partial charge in [-0.15, -0.1) is 0 Å². The highest BCUT2D eigenvalue weighted by Gasteiger charge is 2.17. The summed E-state index contributed by atoms with van der Waals surface area (Å²) >= 11 is 3.40. The van der Waals surface area contributed by atoms with E-state index in [1.54, 1.807) is 6.08 Å². The van der Waals surface area contributed by atoms with Gasteiger partial charge < -0.3 is 20.1 Å². The average molecular weight is 433 g/mol. The van der Waals surface area contributed by atoms with E-state index in [0.29, 0.717) is 0 Å². The smallest absolute Gasteiger partial charge is 0.339 e. The summed E-state index contributed by atoms with van der Waals surface area (Å²) in [6.45, 7) is 0. The second-order valence-electron chi connectivity index (χ2n) is 5.20. The maximum Gasteiger partial charge on any atom is 0.339 e. The predicted molar refractivity (Wildman–Crippen MR) is 104 cm³/mol. The minimum atomic E-state index is -0.648. The number of carbonyl (C=O) groups excluding carboxylic acids is 3. The first-order valence-corrected chi connectivity index (χ1v) is 8.55. The highest BCUT2D eigenvalue weighted by Crippen LogP contribution is 2.20. The SMILES string of the molecule is COC(=O)c1ccc(C(=O)OC)c(NC(=O)N/C=C/c2ccccc2Br)c1. The summed E-state index contributed by atoms with van der Waals surface area (Å²) in [5.41, 5.74) is 1.29. The first-order chi connectivity index (χ1) is 13.0. The van der Waals surface area contributed by atoms with Crippen molar-refractivity contribution in [2.75, 3.05) is 19.5 Å². The Balaban J connectivity index is 2.16. The largest absolute Gasteiger partial charge is 0.465 e. The molecule has 0 unspecified atom stereocenters. The number of halogens is 1. The zero-order chi connectivity index (χ0) is 19.8. The molecule has 0 aliphatic heterocycles. The van der Waals surface area contributed by atoms with Crippen molar-refractivity contribution in [2.24, 2.45) is 0 Å². The van der Waals surface area contributed by atoms with Gasteiger partial charge in [0.2, 0.25) is 0 Å². The molecule has 0 fully saturated rings. The van der Waals surface area contributed by atoms with E-state index in [9.17, 15) is 14.4 Å². The molecule has 0 spiro atoms. The van der Waals surface area contributed by atoms with Gasteiger partial charge in [-0.25, -0.2) is 14.4 Å². The number of anilines is 1. The third-order valence-corrected chi connectivity index (χ3v) is 4.20. The van der Waals surface area contributed by atoms with Crippen LogP contribution in [0.5, 0.6) is 0 Å². The molecule has 2 rings (SSSR count).